The molecule has 2 rings (SSSR count). The first-order valence-corrected chi connectivity index (χ1v) is 3.79. The summed E-state index contributed by atoms with van der Waals surface area (Å²) in [5.74, 6) is 0.324. The maximum Gasteiger partial charge on any atom is 0.107 e. The van der Waals surface area contributed by atoms with Crippen molar-refractivity contribution in [3.63, 3.8) is 0 Å². The molecule has 1 heterocycles. The van der Waals surface area contributed by atoms with Crippen LogP contribution in [0.3, 0.4) is 0 Å². The highest BCUT2D eigenvalue weighted by atomic mass is 16.7. The molecule has 0 radical (unpaired) electrons. The number of hydroxylamine groups is 2. The van der Waals surface area contributed by atoms with E-state index < -0.39 is 0 Å². The average molecular weight is 152 g/mol. The van der Waals surface area contributed by atoms with Crippen LogP contribution in [0.4, 0.5) is 0 Å². The molecule has 1 saturated heterocycles. The summed E-state index contributed by atoms with van der Waals surface area (Å²) >= 11 is 0. The molecule has 0 bridgehead atoms. The highest BCUT2D eigenvalue weighted by molar-refractivity contribution is 5.18. The molecule has 0 saturated carbocycles. The lowest BCUT2D eigenvalue weighted by Crippen LogP contribution is -2.37. The van der Waals surface area contributed by atoms with E-state index in [2.05, 4.69) is 6.08 Å². The molecule has 60 valence electrons. The Bertz CT molecular complexity index is 212. The number of nitrogens with zero attached hydrogens (tertiary/aromatic N) is 1. The lowest BCUT2D eigenvalue weighted by Gasteiger charge is -2.15. The summed E-state index contributed by atoms with van der Waals surface area (Å²) in [7, 11) is 1.87. The van der Waals surface area contributed by atoms with E-state index in [4.69, 9.17) is 10.6 Å². The van der Waals surface area contributed by atoms with Crippen LogP contribution in [-0.4, -0.2) is 24.4 Å². The Balaban J connectivity index is 2.20. The Kier molecular flexibility index (Phi) is 1.56. The van der Waals surface area contributed by atoms with Gasteiger partial charge in [-0.1, -0.05) is 24.3 Å². The van der Waals surface area contributed by atoms with Crippen LogP contribution in [0.1, 0.15) is 0 Å². The molecule has 2 N–H and O–H groups in total. The average Bonchev–Trinajstić information content (AvgIpc) is 2.30. The van der Waals surface area contributed by atoms with Crippen molar-refractivity contribution in [1.29, 1.82) is 0 Å². The van der Waals surface area contributed by atoms with Crippen LogP contribution in [0.2, 0.25) is 0 Å². The van der Waals surface area contributed by atoms with E-state index in [-0.39, 0.29) is 12.3 Å². The van der Waals surface area contributed by atoms with Crippen LogP contribution in [-0.2, 0) is 4.84 Å². The van der Waals surface area contributed by atoms with Crippen LogP contribution in [0, 0.1) is 5.92 Å². The Hall–Kier alpha value is -0.640. The molecule has 2 aliphatic rings. The van der Waals surface area contributed by atoms with E-state index >= 15 is 0 Å². The third-order valence-electron chi connectivity index (χ3n) is 2.23. The van der Waals surface area contributed by atoms with Gasteiger partial charge in [-0.15, -0.1) is 0 Å². The molecule has 3 nitrogen and oxygen atoms in total. The van der Waals surface area contributed by atoms with Gasteiger partial charge < -0.3 is 5.73 Å². The molecular weight excluding hydrogens is 140 g/mol. The lowest BCUT2D eigenvalue weighted by atomic mass is 9.96. The molecule has 0 aromatic heterocycles. The zero-order valence-corrected chi connectivity index (χ0v) is 6.47. The minimum atomic E-state index is 0.00111. The van der Waals surface area contributed by atoms with Gasteiger partial charge in [0.15, 0.2) is 0 Å². The molecule has 11 heavy (non-hydrogen) atoms. The van der Waals surface area contributed by atoms with E-state index in [1.54, 1.807) is 5.06 Å². The summed E-state index contributed by atoms with van der Waals surface area (Å²) in [5, 5.41) is 1.72. The lowest BCUT2D eigenvalue weighted by molar-refractivity contribution is -0.129. The second-order valence-electron chi connectivity index (χ2n) is 2.95. The van der Waals surface area contributed by atoms with Gasteiger partial charge >= 0.3 is 0 Å². The summed E-state index contributed by atoms with van der Waals surface area (Å²) < 4.78 is 0. The van der Waals surface area contributed by atoms with Crippen molar-refractivity contribution in [2.24, 2.45) is 11.7 Å². The minimum Gasteiger partial charge on any atom is -0.313 e. The van der Waals surface area contributed by atoms with E-state index in [0.717, 1.165) is 0 Å². The van der Waals surface area contributed by atoms with Gasteiger partial charge in [-0.05, 0) is 0 Å². The van der Waals surface area contributed by atoms with Crippen molar-refractivity contribution in [2.45, 2.75) is 12.3 Å². The van der Waals surface area contributed by atoms with Crippen molar-refractivity contribution in [2.75, 3.05) is 7.05 Å². The Morgan fingerprint density at radius 3 is 2.82 bits per heavy atom. The van der Waals surface area contributed by atoms with Crippen molar-refractivity contribution in [3.05, 3.63) is 24.3 Å². The van der Waals surface area contributed by atoms with Gasteiger partial charge in [0.2, 0.25) is 0 Å². The van der Waals surface area contributed by atoms with Gasteiger partial charge in [-0.2, -0.15) is 5.06 Å². The van der Waals surface area contributed by atoms with Crippen molar-refractivity contribution in [3.8, 4) is 0 Å². The predicted molar refractivity (Wildman–Crippen MR) is 42.4 cm³/mol. The summed E-state index contributed by atoms with van der Waals surface area (Å²) in [5.41, 5.74) is 5.85. The van der Waals surface area contributed by atoms with Crippen LogP contribution in [0.5, 0.6) is 0 Å². The van der Waals surface area contributed by atoms with E-state index in [1.165, 1.54) is 0 Å². The Morgan fingerprint density at radius 2 is 2.09 bits per heavy atom. The normalized spacial score (nSPS) is 42.9. The molecule has 0 amide bonds. The van der Waals surface area contributed by atoms with E-state index in [9.17, 15) is 0 Å². The van der Waals surface area contributed by atoms with E-state index in [1.807, 2.05) is 25.3 Å². The number of hydrogen-bond acceptors (Lipinski definition) is 3. The number of allylic oxidation sites excluding steroid dienone is 2. The summed E-state index contributed by atoms with van der Waals surface area (Å²) in [6, 6.07) is 0. The molecule has 0 spiro atoms. The molecule has 0 aromatic carbocycles. The SMILES string of the molecule is CN1OC2C=CC=CC2C1N. The van der Waals surface area contributed by atoms with Gasteiger partial charge in [0.1, 0.15) is 6.10 Å². The maximum absolute atomic E-state index is 5.85. The predicted octanol–water partition coefficient (Wildman–Crippen LogP) is 0.259. The summed E-state index contributed by atoms with van der Waals surface area (Å²) in [4.78, 5) is 5.45. The van der Waals surface area contributed by atoms with Crippen LogP contribution in [0.25, 0.3) is 0 Å². The third-order valence-corrected chi connectivity index (χ3v) is 2.23. The molecule has 3 atom stereocenters. The minimum absolute atomic E-state index is 0.00111. The van der Waals surface area contributed by atoms with Gasteiger partial charge in [-0.3, -0.25) is 4.84 Å². The largest absolute Gasteiger partial charge is 0.313 e. The highest BCUT2D eigenvalue weighted by Gasteiger charge is 2.36. The zero-order valence-electron chi connectivity index (χ0n) is 6.47. The highest BCUT2D eigenvalue weighted by Crippen LogP contribution is 2.27. The van der Waals surface area contributed by atoms with Crippen LogP contribution < -0.4 is 5.73 Å². The number of nitrogens with two attached hydrogens (primary N) is 1. The van der Waals surface area contributed by atoms with E-state index in [0.29, 0.717) is 5.92 Å². The first-order chi connectivity index (χ1) is 5.29. The zero-order chi connectivity index (χ0) is 7.84. The first kappa shape index (κ1) is 7.03. The Labute approximate surface area is 66.1 Å². The summed E-state index contributed by atoms with van der Waals surface area (Å²) in [6.07, 6.45) is 8.30. The second kappa shape index (κ2) is 2.44. The fraction of sp³-hybridized carbons (Fsp3) is 0.500. The Morgan fingerprint density at radius 1 is 1.36 bits per heavy atom. The first-order valence-electron chi connectivity index (χ1n) is 3.79. The smallest absolute Gasteiger partial charge is 0.107 e. The fourth-order valence-electron chi connectivity index (χ4n) is 1.52. The number of rotatable bonds is 0. The van der Waals surface area contributed by atoms with Gasteiger partial charge in [0, 0.05) is 13.0 Å². The van der Waals surface area contributed by atoms with Gasteiger partial charge in [-0.25, -0.2) is 0 Å². The van der Waals surface area contributed by atoms with Crippen molar-refractivity contribution < 1.29 is 4.84 Å². The third kappa shape index (κ3) is 1.01. The van der Waals surface area contributed by atoms with Gasteiger partial charge in [0.25, 0.3) is 0 Å². The number of fused-ring (bicyclic) bond motifs is 1. The molecule has 3 heteroatoms. The van der Waals surface area contributed by atoms with Crippen molar-refractivity contribution >= 4 is 0 Å². The maximum atomic E-state index is 5.85. The standard InChI is InChI=1S/C8H12N2O/c1-10-8(9)6-4-2-3-5-7(6)11-10/h2-8H,9H2,1H3. The molecule has 3 unspecified atom stereocenters. The molecular formula is C8H12N2O. The quantitative estimate of drug-likeness (QED) is 0.541. The van der Waals surface area contributed by atoms with Crippen molar-refractivity contribution in [1.82, 2.24) is 5.06 Å². The van der Waals surface area contributed by atoms with Crippen LogP contribution in [0.15, 0.2) is 24.3 Å². The van der Waals surface area contributed by atoms with Gasteiger partial charge in [0.05, 0.1) is 6.17 Å². The molecule has 1 fully saturated rings. The molecule has 1 aliphatic heterocycles. The molecule has 0 aromatic rings. The van der Waals surface area contributed by atoms with Crippen LogP contribution >= 0.6 is 0 Å². The molecule has 1 aliphatic carbocycles. The monoisotopic (exact) mass is 152 g/mol. The fourth-order valence-corrected chi connectivity index (χ4v) is 1.52. The summed E-state index contributed by atoms with van der Waals surface area (Å²) in [6.45, 7) is 0. The second-order valence-corrected chi connectivity index (χ2v) is 2.95. The topological polar surface area (TPSA) is 38.5 Å². The number of hydrogen-bond donors (Lipinski definition) is 1.